The number of amides is 1. The number of para-hydroxylation sites is 1. The fourth-order valence-electron chi connectivity index (χ4n) is 2.95. The summed E-state index contributed by atoms with van der Waals surface area (Å²) in [4.78, 5) is 16.4. The Balaban J connectivity index is 1.78. The minimum Gasteiger partial charge on any atom is -0.378 e. The molecule has 0 unspecified atom stereocenters. The first kappa shape index (κ1) is 17.9. The molecule has 1 saturated heterocycles. The van der Waals surface area contributed by atoms with E-state index < -0.39 is 5.82 Å². The van der Waals surface area contributed by atoms with Crippen molar-refractivity contribution in [2.24, 2.45) is 0 Å². The fraction of sp³-hybridized carbons (Fsp3) is 0.316. The summed E-state index contributed by atoms with van der Waals surface area (Å²) in [6.07, 6.45) is 0. The third-order valence-corrected chi connectivity index (χ3v) is 4.75. The summed E-state index contributed by atoms with van der Waals surface area (Å²) in [6, 6.07) is 12.5. The van der Waals surface area contributed by atoms with Crippen LogP contribution in [0.15, 0.2) is 46.9 Å². The summed E-state index contributed by atoms with van der Waals surface area (Å²) in [5, 5.41) is 0. The SMILES string of the molecule is CN(Cc1ccccc1N1CCOCC1)C(=O)c1ccc(Br)cc1F. The monoisotopic (exact) mass is 406 g/mol. The van der Waals surface area contributed by atoms with Crippen LogP contribution in [0.5, 0.6) is 0 Å². The van der Waals surface area contributed by atoms with Gasteiger partial charge in [-0.2, -0.15) is 0 Å². The van der Waals surface area contributed by atoms with Crippen LogP contribution in [-0.4, -0.2) is 44.2 Å². The molecule has 0 spiro atoms. The highest BCUT2D eigenvalue weighted by molar-refractivity contribution is 9.10. The number of anilines is 1. The predicted octanol–water partition coefficient (Wildman–Crippen LogP) is 3.70. The molecule has 0 atom stereocenters. The van der Waals surface area contributed by atoms with Crippen molar-refractivity contribution in [1.82, 2.24) is 4.90 Å². The lowest BCUT2D eigenvalue weighted by Gasteiger charge is -2.31. The summed E-state index contributed by atoms with van der Waals surface area (Å²) in [5.74, 6) is -0.852. The molecule has 132 valence electrons. The van der Waals surface area contributed by atoms with Gasteiger partial charge in [0, 0.05) is 36.8 Å². The van der Waals surface area contributed by atoms with Gasteiger partial charge in [-0.25, -0.2) is 4.39 Å². The third-order valence-electron chi connectivity index (χ3n) is 4.26. The number of hydrogen-bond donors (Lipinski definition) is 0. The molecule has 2 aromatic carbocycles. The van der Waals surface area contributed by atoms with Crippen LogP contribution in [0.4, 0.5) is 10.1 Å². The zero-order valence-electron chi connectivity index (χ0n) is 14.0. The first-order valence-corrected chi connectivity index (χ1v) is 8.96. The maximum Gasteiger partial charge on any atom is 0.256 e. The Hall–Kier alpha value is -1.92. The molecule has 0 radical (unpaired) electrons. The Morgan fingerprint density at radius 2 is 1.96 bits per heavy atom. The number of morpholine rings is 1. The number of halogens is 2. The zero-order valence-corrected chi connectivity index (χ0v) is 15.6. The molecule has 1 heterocycles. The van der Waals surface area contributed by atoms with Gasteiger partial charge in [0.25, 0.3) is 5.91 Å². The largest absolute Gasteiger partial charge is 0.378 e. The molecule has 6 heteroatoms. The van der Waals surface area contributed by atoms with Crippen LogP contribution in [-0.2, 0) is 11.3 Å². The van der Waals surface area contributed by atoms with Crippen molar-refractivity contribution in [3.05, 3.63) is 63.9 Å². The van der Waals surface area contributed by atoms with Gasteiger partial charge in [0.15, 0.2) is 0 Å². The third kappa shape index (κ3) is 4.19. The number of carbonyl (C=O) groups is 1. The van der Waals surface area contributed by atoms with Gasteiger partial charge in [0.05, 0.1) is 18.8 Å². The Labute approximate surface area is 155 Å². The van der Waals surface area contributed by atoms with Crippen molar-refractivity contribution in [2.75, 3.05) is 38.3 Å². The van der Waals surface area contributed by atoms with E-state index in [1.165, 1.54) is 12.1 Å². The van der Waals surface area contributed by atoms with E-state index in [1.54, 1.807) is 18.0 Å². The molecule has 4 nitrogen and oxygen atoms in total. The molecule has 3 rings (SSSR count). The normalized spacial score (nSPS) is 14.4. The molecule has 0 N–H and O–H groups in total. The molecule has 1 amide bonds. The maximum absolute atomic E-state index is 14.1. The lowest BCUT2D eigenvalue weighted by atomic mass is 10.1. The minimum absolute atomic E-state index is 0.0783. The Morgan fingerprint density at radius 3 is 2.68 bits per heavy atom. The highest BCUT2D eigenvalue weighted by Gasteiger charge is 2.19. The van der Waals surface area contributed by atoms with E-state index in [0.717, 1.165) is 24.3 Å². The number of rotatable bonds is 4. The molecule has 0 aromatic heterocycles. The van der Waals surface area contributed by atoms with Gasteiger partial charge in [0.2, 0.25) is 0 Å². The van der Waals surface area contributed by atoms with Crippen LogP contribution in [0, 0.1) is 5.82 Å². The summed E-state index contributed by atoms with van der Waals surface area (Å²) in [5.41, 5.74) is 2.22. The van der Waals surface area contributed by atoms with Crippen LogP contribution < -0.4 is 4.90 Å². The van der Waals surface area contributed by atoms with Crippen molar-refractivity contribution < 1.29 is 13.9 Å². The van der Waals surface area contributed by atoms with Crippen molar-refractivity contribution in [1.29, 1.82) is 0 Å². The average molecular weight is 407 g/mol. The number of carbonyl (C=O) groups excluding carboxylic acids is 1. The maximum atomic E-state index is 14.1. The summed E-state index contributed by atoms with van der Waals surface area (Å²) in [7, 11) is 1.69. The molecular weight excluding hydrogens is 387 g/mol. The van der Waals surface area contributed by atoms with Gasteiger partial charge in [-0.15, -0.1) is 0 Å². The number of benzene rings is 2. The summed E-state index contributed by atoms with van der Waals surface area (Å²) < 4.78 is 20.1. The fourth-order valence-corrected chi connectivity index (χ4v) is 3.29. The standard InChI is InChI=1S/C19H20BrFN2O2/c1-22(19(24)16-7-6-15(20)12-17(16)21)13-14-4-2-3-5-18(14)23-8-10-25-11-9-23/h2-7,12H,8-11,13H2,1H3. The van der Waals surface area contributed by atoms with E-state index in [1.807, 2.05) is 18.2 Å². The molecular formula is C19H20BrFN2O2. The Kier molecular flexibility index (Phi) is 5.71. The summed E-state index contributed by atoms with van der Waals surface area (Å²) >= 11 is 3.21. The van der Waals surface area contributed by atoms with E-state index in [-0.39, 0.29) is 11.5 Å². The smallest absolute Gasteiger partial charge is 0.256 e. The Morgan fingerprint density at radius 1 is 1.24 bits per heavy atom. The van der Waals surface area contributed by atoms with Crippen molar-refractivity contribution in [3.8, 4) is 0 Å². The van der Waals surface area contributed by atoms with Crippen LogP contribution in [0.1, 0.15) is 15.9 Å². The van der Waals surface area contributed by atoms with Gasteiger partial charge in [-0.3, -0.25) is 4.79 Å². The first-order chi connectivity index (χ1) is 12.1. The van der Waals surface area contributed by atoms with Gasteiger partial charge in [-0.05, 0) is 29.8 Å². The van der Waals surface area contributed by atoms with E-state index in [2.05, 4.69) is 26.9 Å². The molecule has 2 aromatic rings. The second-order valence-corrected chi connectivity index (χ2v) is 6.93. The van der Waals surface area contributed by atoms with Gasteiger partial charge >= 0.3 is 0 Å². The zero-order chi connectivity index (χ0) is 17.8. The van der Waals surface area contributed by atoms with E-state index in [4.69, 9.17) is 4.74 Å². The van der Waals surface area contributed by atoms with Crippen LogP contribution in [0.3, 0.4) is 0 Å². The van der Waals surface area contributed by atoms with Crippen LogP contribution >= 0.6 is 15.9 Å². The highest BCUT2D eigenvalue weighted by atomic mass is 79.9. The van der Waals surface area contributed by atoms with Gasteiger partial charge < -0.3 is 14.5 Å². The van der Waals surface area contributed by atoms with Crippen molar-refractivity contribution >= 4 is 27.5 Å². The highest BCUT2D eigenvalue weighted by Crippen LogP contribution is 2.24. The second kappa shape index (κ2) is 7.97. The van der Waals surface area contributed by atoms with Crippen LogP contribution in [0.25, 0.3) is 0 Å². The lowest BCUT2D eigenvalue weighted by Crippen LogP contribution is -2.37. The topological polar surface area (TPSA) is 32.8 Å². The van der Waals surface area contributed by atoms with Gasteiger partial charge in [-0.1, -0.05) is 34.1 Å². The quantitative estimate of drug-likeness (QED) is 0.775. The molecule has 1 aliphatic heterocycles. The van der Waals surface area contributed by atoms with E-state index >= 15 is 0 Å². The number of nitrogens with zero attached hydrogens (tertiary/aromatic N) is 2. The lowest BCUT2D eigenvalue weighted by molar-refractivity contribution is 0.0780. The average Bonchev–Trinajstić information content (AvgIpc) is 2.62. The number of ether oxygens (including phenoxy) is 1. The molecule has 0 bridgehead atoms. The number of hydrogen-bond acceptors (Lipinski definition) is 3. The van der Waals surface area contributed by atoms with Gasteiger partial charge in [0.1, 0.15) is 5.82 Å². The molecule has 0 saturated carbocycles. The van der Waals surface area contributed by atoms with Crippen molar-refractivity contribution in [3.63, 3.8) is 0 Å². The predicted molar refractivity (Wildman–Crippen MR) is 99.4 cm³/mol. The molecule has 25 heavy (non-hydrogen) atoms. The summed E-state index contributed by atoms with van der Waals surface area (Å²) in [6.45, 7) is 3.48. The van der Waals surface area contributed by atoms with E-state index in [0.29, 0.717) is 24.2 Å². The molecule has 1 fully saturated rings. The molecule has 0 aliphatic carbocycles. The van der Waals surface area contributed by atoms with Crippen molar-refractivity contribution in [2.45, 2.75) is 6.54 Å². The first-order valence-electron chi connectivity index (χ1n) is 8.17. The minimum atomic E-state index is -0.521. The van der Waals surface area contributed by atoms with Crippen LogP contribution in [0.2, 0.25) is 0 Å². The van der Waals surface area contributed by atoms with E-state index in [9.17, 15) is 9.18 Å². The second-order valence-electron chi connectivity index (χ2n) is 6.01. The Bertz CT molecular complexity index is 763. The molecule has 1 aliphatic rings.